The molecule has 0 unspecified atom stereocenters. The van der Waals surface area contributed by atoms with Crippen molar-refractivity contribution in [3.05, 3.63) is 24.3 Å². The van der Waals surface area contributed by atoms with Crippen molar-refractivity contribution in [3.8, 4) is 0 Å². The molecule has 0 fully saturated rings. The summed E-state index contributed by atoms with van der Waals surface area (Å²) >= 11 is 0. The molecule has 0 aliphatic rings. The van der Waals surface area contributed by atoms with E-state index < -0.39 is 36.4 Å². The number of aliphatic hydroxyl groups is 1. The van der Waals surface area contributed by atoms with Crippen LogP contribution in [0.15, 0.2) is 24.3 Å². The van der Waals surface area contributed by atoms with Crippen LogP contribution in [0, 0.1) is 0 Å². The summed E-state index contributed by atoms with van der Waals surface area (Å²) < 4.78 is 0. The first-order chi connectivity index (χ1) is 9.58. The number of carboxylic acids is 3. The number of hydrogen-bond acceptors (Lipinski definition) is 6. The quantitative estimate of drug-likeness (QED) is 0.393. The van der Waals surface area contributed by atoms with Crippen molar-refractivity contribution in [1.29, 1.82) is 0 Å². The van der Waals surface area contributed by atoms with Crippen LogP contribution in [0.2, 0.25) is 0 Å². The van der Waals surface area contributed by atoms with Crippen LogP contribution in [0.5, 0.6) is 0 Å². The Hall–Kier alpha value is -2.81. The van der Waals surface area contributed by atoms with Gasteiger partial charge in [-0.05, 0) is 12.1 Å². The van der Waals surface area contributed by atoms with Gasteiger partial charge in [0.1, 0.15) is 0 Å². The number of carboxylic acid groups (broad SMARTS) is 3. The molecule has 21 heavy (non-hydrogen) atoms. The normalized spacial score (nSPS) is 10.1. The molecule has 0 saturated carbocycles. The fourth-order valence-electron chi connectivity index (χ4n) is 1.22. The van der Waals surface area contributed by atoms with Crippen molar-refractivity contribution < 1.29 is 34.8 Å². The van der Waals surface area contributed by atoms with Gasteiger partial charge in [-0.2, -0.15) is 0 Å². The number of nitrogens with two attached hydrogens (primary N) is 2. The van der Waals surface area contributed by atoms with Crippen LogP contribution in [0.25, 0.3) is 0 Å². The molecule has 0 heterocycles. The first-order valence-electron chi connectivity index (χ1n) is 5.58. The predicted octanol–water partition coefficient (Wildman–Crippen LogP) is -0.398. The first-order valence-corrected chi connectivity index (χ1v) is 5.58. The number of aliphatic carboxylic acids is 3. The molecule has 0 radical (unpaired) electrons. The van der Waals surface area contributed by atoms with E-state index in [0.717, 1.165) is 0 Å². The summed E-state index contributed by atoms with van der Waals surface area (Å²) in [5.41, 5.74) is 9.34. The molecule has 9 nitrogen and oxygen atoms in total. The van der Waals surface area contributed by atoms with E-state index >= 15 is 0 Å². The number of benzene rings is 1. The average Bonchev–Trinajstić information content (AvgIpc) is 2.31. The number of anilines is 2. The number of para-hydroxylation sites is 2. The maximum atomic E-state index is 10.3. The first kappa shape index (κ1) is 18.2. The van der Waals surface area contributed by atoms with Gasteiger partial charge in [0.2, 0.25) is 0 Å². The van der Waals surface area contributed by atoms with E-state index in [4.69, 9.17) is 31.9 Å². The van der Waals surface area contributed by atoms with E-state index in [1.807, 2.05) is 12.1 Å². The SMILES string of the molecule is Nc1ccccc1N.O=C(O)CC(O)(CC(=O)O)C(=O)O. The van der Waals surface area contributed by atoms with Gasteiger partial charge in [-0.1, -0.05) is 12.1 Å². The van der Waals surface area contributed by atoms with Crippen molar-refractivity contribution in [2.45, 2.75) is 18.4 Å². The Morgan fingerprint density at radius 2 is 1.24 bits per heavy atom. The van der Waals surface area contributed by atoms with Gasteiger partial charge in [0, 0.05) is 0 Å². The van der Waals surface area contributed by atoms with Crippen LogP contribution >= 0.6 is 0 Å². The van der Waals surface area contributed by atoms with Crippen molar-refractivity contribution in [2.24, 2.45) is 0 Å². The van der Waals surface area contributed by atoms with Crippen molar-refractivity contribution in [2.75, 3.05) is 11.5 Å². The lowest BCUT2D eigenvalue weighted by Crippen LogP contribution is -2.42. The Balaban J connectivity index is 0.000000423. The van der Waals surface area contributed by atoms with Crippen LogP contribution in [0.3, 0.4) is 0 Å². The molecule has 0 amide bonds. The lowest BCUT2D eigenvalue weighted by atomic mass is 9.96. The van der Waals surface area contributed by atoms with Gasteiger partial charge in [-0.25, -0.2) is 4.79 Å². The molecule has 0 aliphatic heterocycles. The maximum Gasteiger partial charge on any atom is 0.336 e. The van der Waals surface area contributed by atoms with Gasteiger partial charge in [0.25, 0.3) is 0 Å². The monoisotopic (exact) mass is 300 g/mol. The maximum absolute atomic E-state index is 10.3. The van der Waals surface area contributed by atoms with E-state index in [2.05, 4.69) is 0 Å². The van der Waals surface area contributed by atoms with E-state index in [1.54, 1.807) is 12.1 Å². The molecule has 0 bridgehead atoms. The summed E-state index contributed by atoms with van der Waals surface area (Å²) in [5.74, 6) is -5.02. The molecule has 0 aromatic heterocycles. The zero-order valence-corrected chi connectivity index (χ0v) is 10.9. The minimum Gasteiger partial charge on any atom is -0.481 e. The van der Waals surface area contributed by atoms with Crippen LogP contribution in [-0.2, 0) is 14.4 Å². The summed E-state index contributed by atoms with van der Waals surface area (Å²) in [6.07, 6.45) is -2.29. The fraction of sp³-hybridized carbons (Fsp3) is 0.250. The summed E-state index contributed by atoms with van der Waals surface area (Å²) in [6, 6.07) is 7.25. The Kier molecular flexibility index (Phi) is 6.67. The zero-order chi connectivity index (χ0) is 16.6. The van der Waals surface area contributed by atoms with Crippen LogP contribution < -0.4 is 11.5 Å². The summed E-state index contributed by atoms with van der Waals surface area (Å²) in [6.45, 7) is 0. The predicted molar refractivity (Wildman–Crippen MR) is 72.4 cm³/mol. The third-order valence-electron chi connectivity index (χ3n) is 2.28. The fourth-order valence-corrected chi connectivity index (χ4v) is 1.22. The second kappa shape index (κ2) is 7.70. The van der Waals surface area contributed by atoms with Crippen LogP contribution in [0.1, 0.15) is 12.8 Å². The Morgan fingerprint density at radius 3 is 1.43 bits per heavy atom. The number of nitrogen functional groups attached to an aromatic ring is 2. The molecule has 0 atom stereocenters. The van der Waals surface area contributed by atoms with E-state index in [0.29, 0.717) is 11.4 Å². The molecular weight excluding hydrogens is 284 g/mol. The number of hydrogen-bond donors (Lipinski definition) is 6. The van der Waals surface area contributed by atoms with E-state index in [9.17, 15) is 14.4 Å². The highest BCUT2D eigenvalue weighted by atomic mass is 16.4. The third kappa shape index (κ3) is 6.78. The van der Waals surface area contributed by atoms with Gasteiger partial charge >= 0.3 is 17.9 Å². The van der Waals surface area contributed by atoms with Gasteiger partial charge in [0.05, 0.1) is 24.2 Å². The minimum atomic E-state index is -2.74. The molecule has 116 valence electrons. The average molecular weight is 300 g/mol. The Morgan fingerprint density at radius 1 is 0.905 bits per heavy atom. The topological polar surface area (TPSA) is 184 Å². The molecule has 0 spiro atoms. The van der Waals surface area contributed by atoms with E-state index in [-0.39, 0.29) is 0 Å². The molecule has 1 rings (SSSR count). The molecule has 1 aromatic rings. The summed E-state index contributed by atoms with van der Waals surface area (Å²) in [4.78, 5) is 30.5. The number of rotatable bonds is 5. The smallest absolute Gasteiger partial charge is 0.336 e. The molecule has 9 heteroatoms. The molecule has 0 saturated heterocycles. The summed E-state index contributed by atoms with van der Waals surface area (Å²) in [7, 11) is 0. The Labute approximate surface area is 119 Å². The van der Waals surface area contributed by atoms with Gasteiger partial charge in [-0.15, -0.1) is 0 Å². The Bertz CT molecular complexity index is 493. The highest BCUT2D eigenvalue weighted by Crippen LogP contribution is 2.15. The molecule has 8 N–H and O–H groups in total. The van der Waals surface area contributed by atoms with Crippen molar-refractivity contribution in [3.63, 3.8) is 0 Å². The highest BCUT2D eigenvalue weighted by Gasteiger charge is 2.40. The second-order valence-corrected chi connectivity index (χ2v) is 4.11. The molecule has 1 aromatic carbocycles. The highest BCUT2D eigenvalue weighted by molar-refractivity contribution is 5.88. The zero-order valence-electron chi connectivity index (χ0n) is 10.9. The van der Waals surface area contributed by atoms with Gasteiger partial charge in [-0.3, -0.25) is 9.59 Å². The second-order valence-electron chi connectivity index (χ2n) is 4.11. The lowest BCUT2D eigenvalue weighted by molar-refractivity contribution is -0.170. The third-order valence-corrected chi connectivity index (χ3v) is 2.28. The van der Waals surface area contributed by atoms with E-state index in [1.165, 1.54) is 0 Å². The molecule has 0 aliphatic carbocycles. The van der Waals surface area contributed by atoms with Crippen molar-refractivity contribution >= 4 is 29.3 Å². The largest absolute Gasteiger partial charge is 0.481 e. The summed E-state index contributed by atoms with van der Waals surface area (Å²) in [5, 5.41) is 33.8. The number of carbonyl (C=O) groups is 3. The van der Waals surface area contributed by atoms with Gasteiger partial charge < -0.3 is 31.9 Å². The lowest BCUT2D eigenvalue weighted by Gasteiger charge is -2.18. The van der Waals surface area contributed by atoms with Crippen LogP contribution in [-0.4, -0.2) is 43.9 Å². The van der Waals surface area contributed by atoms with Crippen LogP contribution in [0.4, 0.5) is 11.4 Å². The van der Waals surface area contributed by atoms with Crippen molar-refractivity contribution in [1.82, 2.24) is 0 Å². The standard InChI is InChI=1S/C6H8N2.C6H8O7/c7-5-3-1-2-4-6(5)8;7-3(8)1-6(13,5(11)12)2-4(9)10/h1-4H,7-8H2;13H,1-2H2,(H,7,8)(H,9,10)(H,11,12). The molecular formula is C12H16N2O7. The van der Waals surface area contributed by atoms with Gasteiger partial charge in [0.15, 0.2) is 5.60 Å². The minimum absolute atomic E-state index is 0.646.